The van der Waals surface area contributed by atoms with Gasteiger partial charge in [-0.25, -0.2) is 4.98 Å². The molecule has 0 fully saturated rings. The second-order valence-corrected chi connectivity index (χ2v) is 8.27. The highest BCUT2D eigenvalue weighted by Crippen LogP contribution is 2.27. The molecule has 0 aliphatic heterocycles. The molecule has 0 bridgehead atoms. The molecular formula is C28H23N5O2. The number of allylic oxidation sites excluding steroid dienone is 1. The number of aryl methyl sites for hydroxylation is 3. The van der Waals surface area contributed by atoms with Crippen LogP contribution in [0.4, 0.5) is 0 Å². The van der Waals surface area contributed by atoms with E-state index in [1.807, 2.05) is 73.1 Å². The van der Waals surface area contributed by atoms with Gasteiger partial charge in [0.05, 0.1) is 16.6 Å². The zero-order valence-electron chi connectivity index (χ0n) is 19.7. The number of imidazole rings is 1. The van der Waals surface area contributed by atoms with Gasteiger partial charge in [-0.2, -0.15) is 10.2 Å². The first kappa shape index (κ1) is 22.1. The Morgan fingerprint density at radius 1 is 1.09 bits per heavy atom. The monoisotopic (exact) mass is 461 g/mol. The molecular weight excluding hydrogens is 438 g/mol. The zero-order chi connectivity index (χ0) is 24.5. The van der Waals surface area contributed by atoms with Crippen LogP contribution < -0.4 is 10.3 Å². The number of aromatic nitrogens is 4. The highest BCUT2D eigenvalue weighted by atomic mass is 16.5. The largest absolute Gasteiger partial charge is 0.438 e. The number of nitrogens with zero attached hydrogens (tertiary/aromatic N) is 5. The predicted molar refractivity (Wildman–Crippen MR) is 136 cm³/mol. The number of hydrogen-bond acceptors (Lipinski definition) is 5. The van der Waals surface area contributed by atoms with E-state index in [1.165, 1.54) is 16.0 Å². The molecule has 7 heteroatoms. The Morgan fingerprint density at radius 2 is 1.86 bits per heavy atom. The molecule has 0 saturated carbocycles. The van der Waals surface area contributed by atoms with Crippen LogP contribution in [0.2, 0.25) is 0 Å². The summed E-state index contributed by atoms with van der Waals surface area (Å²) in [5.41, 5.74) is 4.25. The van der Waals surface area contributed by atoms with Gasteiger partial charge in [0.25, 0.3) is 5.56 Å². The van der Waals surface area contributed by atoms with E-state index in [9.17, 15) is 10.1 Å². The first-order chi connectivity index (χ1) is 17.0. The summed E-state index contributed by atoms with van der Waals surface area (Å²) in [6.45, 7) is 3.97. The van der Waals surface area contributed by atoms with Crippen molar-refractivity contribution in [2.45, 2.75) is 20.3 Å². The molecule has 7 nitrogen and oxygen atoms in total. The molecule has 0 atom stereocenters. The molecule has 5 rings (SSSR count). The average Bonchev–Trinajstić information content (AvgIpc) is 3.21. The summed E-state index contributed by atoms with van der Waals surface area (Å²) in [4.78, 5) is 22.9. The molecule has 3 aromatic heterocycles. The van der Waals surface area contributed by atoms with Gasteiger partial charge in [0.2, 0.25) is 5.88 Å². The molecule has 0 radical (unpaired) electrons. The summed E-state index contributed by atoms with van der Waals surface area (Å²) >= 11 is 0. The molecule has 5 aromatic rings. The van der Waals surface area contributed by atoms with E-state index in [-0.39, 0.29) is 22.6 Å². The average molecular weight is 462 g/mol. The molecule has 0 spiro atoms. The van der Waals surface area contributed by atoms with Gasteiger partial charge < -0.3 is 9.30 Å². The number of benzene rings is 2. The first-order valence-electron chi connectivity index (χ1n) is 11.3. The third-order valence-electron chi connectivity index (χ3n) is 6.03. The summed E-state index contributed by atoms with van der Waals surface area (Å²) in [6.07, 6.45) is 4.09. The maximum Gasteiger partial charge on any atom is 0.269 e. The van der Waals surface area contributed by atoms with E-state index in [0.29, 0.717) is 17.2 Å². The minimum absolute atomic E-state index is 0.139. The normalized spacial score (nSPS) is 11.7. The van der Waals surface area contributed by atoms with Crippen LogP contribution in [-0.4, -0.2) is 18.9 Å². The zero-order valence-corrected chi connectivity index (χ0v) is 19.7. The molecule has 0 saturated heterocycles. The number of pyridine rings is 1. The molecule has 172 valence electrons. The first-order valence-corrected chi connectivity index (χ1v) is 11.3. The number of ether oxygens (including phenoxy) is 1. The topological polar surface area (TPSA) is 85.2 Å². The molecule has 0 aliphatic carbocycles. The van der Waals surface area contributed by atoms with E-state index in [4.69, 9.17) is 4.74 Å². The van der Waals surface area contributed by atoms with Crippen LogP contribution in [0, 0.1) is 18.3 Å². The molecule has 35 heavy (non-hydrogen) atoms. The number of para-hydroxylation sites is 2. The summed E-state index contributed by atoms with van der Waals surface area (Å²) in [5, 5.41) is 10.0. The molecule has 0 amide bonds. The second kappa shape index (κ2) is 8.92. The van der Waals surface area contributed by atoms with Crippen LogP contribution in [0.15, 0.2) is 71.7 Å². The number of rotatable bonds is 5. The second-order valence-electron chi connectivity index (χ2n) is 8.27. The van der Waals surface area contributed by atoms with E-state index < -0.39 is 0 Å². The van der Waals surface area contributed by atoms with Crippen LogP contribution in [0.5, 0.6) is 11.6 Å². The Hall–Kier alpha value is -4.70. The van der Waals surface area contributed by atoms with Crippen molar-refractivity contribution in [3.8, 4) is 17.7 Å². The fraction of sp³-hybridized carbons (Fsp3) is 0.143. The van der Waals surface area contributed by atoms with Crippen molar-refractivity contribution in [3.63, 3.8) is 0 Å². The Morgan fingerprint density at radius 3 is 2.57 bits per heavy atom. The van der Waals surface area contributed by atoms with Gasteiger partial charge >= 0.3 is 0 Å². The molecule has 0 aliphatic rings. The highest BCUT2D eigenvalue weighted by molar-refractivity contribution is 5.91. The predicted octanol–water partition coefficient (Wildman–Crippen LogP) is 5.31. The summed E-state index contributed by atoms with van der Waals surface area (Å²) < 4.78 is 9.43. The Bertz CT molecular complexity index is 1700. The van der Waals surface area contributed by atoms with E-state index in [0.717, 1.165) is 23.0 Å². The van der Waals surface area contributed by atoms with Crippen molar-refractivity contribution in [2.75, 3.05) is 0 Å². The quantitative estimate of drug-likeness (QED) is 0.331. The number of nitriles is 1. The van der Waals surface area contributed by atoms with Gasteiger partial charge in [-0.15, -0.1) is 0 Å². The van der Waals surface area contributed by atoms with Crippen molar-refractivity contribution in [3.05, 3.63) is 99.7 Å². The maximum absolute atomic E-state index is 13.6. The lowest BCUT2D eigenvalue weighted by Gasteiger charge is -2.12. The van der Waals surface area contributed by atoms with Gasteiger partial charge in [0.15, 0.2) is 5.82 Å². The van der Waals surface area contributed by atoms with E-state index in [2.05, 4.69) is 23.0 Å². The standard InChI is InChI=1S/C28H23N5O2/c1-4-19-11-13-21(14-12-19)35-27-22(28(34)33-15-7-8-18(2)25(33)31-27)16-20(17-29)26-30-23-9-5-6-10-24(23)32(26)3/h5-16H,4H2,1-3H3. The SMILES string of the molecule is CCc1ccc(Oc2nc3c(C)cccn3c(=O)c2C=C(C#N)c2nc3ccccc3n2C)cc1. The van der Waals surface area contributed by atoms with Crippen molar-refractivity contribution in [2.24, 2.45) is 7.05 Å². The van der Waals surface area contributed by atoms with Crippen LogP contribution in [0.3, 0.4) is 0 Å². The van der Waals surface area contributed by atoms with Gasteiger partial charge in [0.1, 0.15) is 23.0 Å². The van der Waals surface area contributed by atoms with E-state index in [1.54, 1.807) is 12.3 Å². The highest BCUT2D eigenvalue weighted by Gasteiger charge is 2.18. The Balaban J connectivity index is 1.72. The van der Waals surface area contributed by atoms with Crippen LogP contribution in [0.25, 0.3) is 28.3 Å². The van der Waals surface area contributed by atoms with Crippen molar-refractivity contribution in [1.82, 2.24) is 18.9 Å². The lowest BCUT2D eigenvalue weighted by atomic mass is 10.1. The van der Waals surface area contributed by atoms with E-state index >= 15 is 0 Å². The fourth-order valence-corrected chi connectivity index (χ4v) is 4.08. The third-order valence-corrected chi connectivity index (χ3v) is 6.03. The summed E-state index contributed by atoms with van der Waals surface area (Å²) in [6, 6.07) is 21.2. The lowest BCUT2D eigenvalue weighted by Crippen LogP contribution is -2.19. The Kier molecular flexibility index (Phi) is 5.63. The molecule has 0 N–H and O–H groups in total. The third kappa shape index (κ3) is 3.96. The van der Waals surface area contributed by atoms with Crippen molar-refractivity contribution >= 4 is 28.3 Å². The van der Waals surface area contributed by atoms with Gasteiger partial charge in [-0.05, 0) is 60.9 Å². The van der Waals surface area contributed by atoms with Gasteiger partial charge in [0, 0.05) is 13.2 Å². The lowest BCUT2D eigenvalue weighted by molar-refractivity contribution is 0.460. The number of fused-ring (bicyclic) bond motifs is 2. The van der Waals surface area contributed by atoms with Gasteiger partial charge in [-0.1, -0.05) is 37.3 Å². The smallest absolute Gasteiger partial charge is 0.269 e. The van der Waals surface area contributed by atoms with Crippen molar-refractivity contribution < 1.29 is 4.74 Å². The van der Waals surface area contributed by atoms with Crippen molar-refractivity contribution in [1.29, 1.82) is 5.26 Å². The molecule has 3 heterocycles. The number of hydrogen-bond donors (Lipinski definition) is 0. The molecule has 2 aromatic carbocycles. The fourth-order valence-electron chi connectivity index (χ4n) is 4.08. The minimum atomic E-state index is -0.328. The van der Waals surface area contributed by atoms with Gasteiger partial charge in [-0.3, -0.25) is 9.20 Å². The summed E-state index contributed by atoms with van der Waals surface area (Å²) in [7, 11) is 1.84. The van der Waals surface area contributed by atoms with Crippen LogP contribution >= 0.6 is 0 Å². The minimum Gasteiger partial charge on any atom is -0.438 e. The maximum atomic E-state index is 13.6. The Labute approximate surface area is 202 Å². The van der Waals surface area contributed by atoms with Crippen LogP contribution in [0.1, 0.15) is 29.4 Å². The molecule has 0 unspecified atom stereocenters. The van der Waals surface area contributed by atoms with Crippen LogP contribution in [-0.2, 0) is 13.5 Å². The summed E-state index contributed by atoms with van der Waals surface area (Å²) in [5.74, 6) is 1.16.